The number of aromatic nitrogens is 2. The van der Waals surface area contributed by atoms with Gasteiger partial charge < -0.3 is 15.0 Å². The zero-order chi connectivity index (χ0) is 15.5. The molecule has 0 radical (unpaired) electrons. The minimum atomic E-state index is -0.457. The minimum Gasteiger partial charge on any atom is -0.444 e. The number of hydrogen-bond donors (Lipinski definition) is 1. The number of amides is 1. The molecule has 21 heavy (non-hydrogen) atoms. The molecular weight excluding hydrogens is 312 g/mol. The van der Waals surface area contributed by atoms with Crippen LogP contribution < -0.4 is 10.2 Å². The lowest BCUT2D eigenvalue weighted by atomic mass is 9.97. The number of halogens is 1. The number of anilines is 1. The third kappa shape index (κ3) is 5.00. The van der Waals surface area contributed by atoms with Crippen LogP contribution in [0.25, 0.3) is 0 Å². The van der Waals surface area contributed by atoms with Crippen LogP contribution in [0.1, 0.15) is 33.6 Å². The predicted molar refractivity (Wildman–Crippen MR) is 84.1 cm³/mol. The van der Waals surface area contributed by atoms with Crippen LogP contribution in [0.2, 0.25) is 5.15 Å². The van der Waals surface area contributed by atoms with Gasteiger partial charge in [-0.1, -0.05) is 11.6 Å². The molecule has 8 heteroatoms. The monoisotopic (exact) mass is 332 g/mol. The molecule has 2 heterocycles. The lowest BCUT2D eigenvalue weighted by Gasteiger charge is -2.32. The van der Waals surface area contributed by atoms with Crippen molar-refractivity contribution in [2.24, 2.45) is 5.92 Å². The fraction of sp³-hybridized carbons (Fsp3) is 0.769. The summed E-state index contributed by atoms with van der Waals surface area (Å²) in [5, 5.41) is 3.32. The molecule has 1 aliphatic heterocycles. The molecule has 118 valence electrons. The second-order valence-corrected chi connectivity index (χ2v) is 7.08. The van der Waals surface area contributed by atoms with Gasteiger partial charge in [0.2, 0.25) is 0 Å². The van der Waals surface area contributed by atoms with Crippen LogP contribution in [0.15, 0.2) is 0 Å². The fourth-order valence-corrected chi connectivity index (χ4v) is 3.03. The average molecular weight is 333 g/mol. The van der Waals surface area contributed by atoms with E-state index in [2.05, 4.69) is 19.0 Å². The number of carbonyl (C=O) groups excluding carboxylic acids is 1. The highest BCUT2D eigenvalue weighted by Crippen LogP contribution is 2.27. The molecule has 2 rings (SSSR count). The summed E-state index contributed by atoms with van der Waals surface area (Å²) in [4.78, 5) is 13.8. The molecule has 0 aliphatic carbocycles. The summed E-state index contributed by atoms with van der Waals surface area (Å²) in [7, 11) is 0. The van der Waals surface area contributed by atoms with Crippen molar-refractivity contribution in [3.63, 3.8) is 0 Å². The van der Waals surface area contributed by atoms with Crippen molar-refractivity contribution in [1.29, 1.82) is 0 Å². The van der Waals surface area contributed by atoms with Gasteiger partial charge in [-0.05, 0) is 39.5 Å². The van der Waals surface area contributed by atoms with Crippen molar-refractivity contribution in [1.82, 2.24) is 14.1 Å². The Hall–Kier alpha value is -1.08. The third-order valence-electron chi connectivity index (χ3n) is 3.28. The normalized spacial score (nSPS) is 16.9. The van der Waals surface area contributed by atoms with Crippen molar-refractivity contribution in [2.45, 2.75) is 39.2 Å². The van der Waals surface area contributed by atoms with E-state index in [0.29, 0.717) is 17.6 Å². The largest absolute Gasteiger partial charge is 0.444 e. The van der Waals surface area contributed by atoms with E-state index in [1.54, 1.807) is 0 Å². The van der Waals surface area contributed by atoms with Crippen molar-refractivity contribution in [3.8, 4) is 0 Å². The van der Waals surface area contributed by atoms with E-state index >= 15 is 0 Å². The number of hydrogen-bond acceptors (Lipinski definition) is 6. The van der Waals surface area contributed by atoms with Crippen LogP contribution in [0.4, 0.5) is 10.6 Å². The second kappa shape index (κ2) is 6.79. The van der Waals surface area contributed by atoms with Gasteiger partial charge in [-0.2, -0.15) is 8.75 Å². The Morgan fingerprint density at radius 2 is 2.10 bits per heavy atom. The second-order valence-electron chi connectivity index (χ2n) is 6.19. The van der Waals surface area contributed by atoms with E-state index < -0.39 is 5.60 Å². The molecule has 0 spiro atoms. The third-order valence-corrected chi connectivity index (χ3v) is 4.15. The Morgan fingerprint density at radius 3 is 2.62 bits per heavy atom. The Bertz CT molecular complexity index is 481. The van der Waals surface area contributed by atoms with Gasteiger partial charge in [0.05, 0.1) is 11.7 Å². The maximum atomic E-state index is 11.6. The van der Waals surface area contributed by atoms with Gasteiger partial charge in [0.15, 0.2) is 11.0 Å². The molecule has 1 amide bonds. The van der Waals surface area contributed by atoms with E-state index in [4.69, 9.17) is 16.3 Å². The highest BCUT2D eigenvalue weighted by Gasteiger charge is 2.24. The summed E-state index contributed by atoms with van der Waals surface area (Å²) in [6.07, 6.45) is 1.63. The van der Waals surface area contributed by atoms with E-state index in [1.807, 2.05) is 20.8 Å². The summed E-state index contributed by atoms with van der Waals surface area (Å²) < 4.78 is 13.4. The number of ether oxygens (including phenoxy) is 1. The number of nitrogens with one attached hydrogen (secondary N) is 1. The molecular formula is C13H21ClN4O2S. The highest BCUT2D eigenvalue weighted by atomic mass is 35.5. The van der Waals surface area contributed by atoms with E-state index in [1.165, 1.54) is 0 Å². The van der Waals surface area contributed by atoms with Gasteiger partial charge in [-0.15, -0.1) is 0 Å². The van der Waals surface area contributed by atoms with Crippen LogP contribution in [0.3, 0.4) is 0 Å². The van der Waals surface area contributed by atoms with Crippen LogP contribution in [0.5, 0.6) is 0 Å². The Kier molecular flexibility index (Phi) is 5.27. The topological polar surface area (TPSA) is 67.3 Å². The number of carbonyl (C=O) groups is 1. The van der Waals surface area contributed by atoms with Gasteiger partial charge in [0.25, 0.3) is 0 Å². The Morgan fingerprint density at radius 1 is 1.43 bits per heavy atom. The number of alkyl carbamates (subject to hydrolysis) is 1. The van der Waals surface area contributed by atoms with Crippen molar-refractivity contribution >= 4 is 35.2 Å². The van der Waals surface area contributed by atoms with Crippen LogP contribution in [-0.2, 0) is 4.74 Å². The van der Waals surface area contributed by atoms with Gasteiger partial charge in [0, 0.05) is 19.6 Å². The average Bonchev–Trinajstić information content (AvgIpc) is 2.81. The molecule has 1 aliphatic rings. The molecule has 6 nitrogen and oxygen atoms in total. The predicted octanol–water partition coefficient (Wildman–Crippen LogP) is 2.93. The van der Waals surface area contributed by atoms with Gasteiger partial charge in [-0.25, -0.2) is 4.79 Å². The van der Waals surface area contributed by atoms with Gasteiger partial charge >= 0.3 is 6.09 Å². The maximum absolute atomic E-state index is 11.6. The number of piperidine rings is 1. The van der Waals surface area contributed by atoms with E-state index in [9.17, 15) is 4.79 Å². The minimum absolute atomic E-state index is 0.350. The number of nitrogens with zero attached hydrogens (tertiary/aromatic N) is 3. The number of rotatable bonds is 3. The molecule has 1 N–H and O–H groups in total. The molecule has 0 saturated carbocycles. The smallest absolute Gasteiger partial charge is 0.407 e. The molecule has 1 aromatic rings. The Labute approximate surface area is 134 Å². The summed E-state index contributed by atoms with van der Waals surface area (Å²) >= 11 is 7.13. The van der Waals surface area contributed by atoms with Crippen molar-refractivity contribution in [2.75, 3.05) is 24.5 Å². The molecule has 1 fully saturated rings. The lowest BCUT2D eigenvalue weighted by Crippen LogP contribution is -2.40. The summed E-state index contributed by atoms with van der Waals surface area (Å²) in [6.45, 7) is 7.98. The van der Waals surface area contributed by atoms with E-state index in [0.717, 1.165) is 43.5 Å². The standard InChI is InChI=1S/C13H21ClN4O2S/c1-13(2,3)20-12(19)15-8-9-4-6-18(7-5-9)11-10(14)16-21-17-11/h9H,4-8H2,1-3H3,(H,15,19). The molecule has 0 bridgehead atoms. The highest BCUT2D eigenvalue weighted by molar-refractivity contribution is 6.99. The van der Waals surface area contributed by atoms with Crippen LogP contribution in [0, 0.1) is 5.92 Å². The SMILES string of the molecule is CC(C)(C)OC(=O)NCC1CCN(c2nsnc2Cl)CC1. The first-order valence-electron chi connectivity index (χ1n) is 7.05. The summed E-state index contributed by atoms with van der Waals surface area (Å²) in [6, 6.07) is 0. The molecule has 0 atom stereocenters. The molecule has 0 unspecified atom stereocenters. The Balaban J connectivity index is 1.72. The fourth-order valence-electron chi connectivity index (χ4n) is 2.25. The van der Waals surface area contributed by atoms with Crippen molar-refractivity contribution < 1.29 is 9.53 Å². The first kappa shape index (κ1) is 16.3. The van der Waals surface area contributed by atoms with Gasteiger partial charge in [0.1, 0.15) is 5.60 Å². The zero-order valence-electron chi connectivity index (χ0n) is 12.6. The molecule has 0 aromatic carbocycles. The molecule has 1 saturated heterocycles. The first-order chi connectivity index (χ1) is 9.85. The summed E-state index contributed by atoms with van der Waals surface area (Å²) in [5.41, 5.74) is -0.457. The zero-order valence-corrected chi connectivity index (χ0v) is 14.1. The lowest BCUT2D eigenvalue weighted by molar-refractivity contribution is 0.0517. The maximum Gasteiger partial charge on any atom is 0.407 e. The first-order valence-corrected chi connectivity index (χ1v) is 8.16. The van der Waals surface area contributed by atoms with E-state index in [-0.39, 0.29) is 6.09 Å². The quantitative estimate of drug-likeness (QED) is 0.921. The van der Waals surface area contributed by atoms with Crippen LogP contribution in [-0.4, -0.2) is 40.1 Å². The molecule has 1 aromatic heterocycles. The summed E-state index contributed by atoms with van der Waals surface area (Å²) in [5.74, 6) is 1.24. The van der Waals surface area contributed by atoms with Gasteiger partial charge in [-0.3, -0.25) is 0 Å². The van der Waals surface area contributed by atoms with Crippen molar-refractivity contribution in [3.05, 3.63) is 5.15 Å². The van der Waals surface area contributed by atoms with Crippen LogP contribution >= 0.6 is 23.3 Å².